The van der Waals surface area contributed by atoms with Crippen LogP contribution in [-0.4, -0.2) is 5.91 Å². The number of rotatable bonds is 2. The Labute approximate surface area is 120 Å². The molecule has 5 N–H and O–H groups in total. The monoisotopic (exact) mass is 286 g/mol. The number of carbonyl (C=O) groups excluding carboxylic acids is 1. The Hall–Kier alpha value is -2.71. The lowest BCUT2D eigenvalue weighted by Crippen LogP contribution is -2.13. The standard InChI is InChI=1S/C14H11ClN4O/c15-10-2-1-8(7-16)13(5-10)19-14(20)9-3-11(17)6-12(18)4-9/h1-6H,17-18H2,(H,19,20). The third kappa shape index (κ3) is 2.99. The van der Waals surface area contributed by atoms with Gasteiger partial charge in [-0.05, 0) is 36.4 Å². The number of nitrogens with two attached hydrogens (primary N) is 2. The second kappa shape index (κ2) is 5.51. The van der Waals surface area contributed by atoms with Gasteiger partial charge in [0.15, 0.2) is 0 Å². The van der Waals surface area contributed by atoms with Gasteiger partial charge in [-0.1, -0.05) is 11.6 Å². The highest BCUT2D eigenvalue weighted by Gasteiger charge is 2.11. The number of hydrogen-bond donors (Lipinski definition) is 3. The van der Waals surface area contributed by atoms with Gasteiger partial charge in [0, 0.05) is 22.0 Å². The van der Waals surface area contributed by atoms with E-state index in [4.69, 9.17) is 28.3 Å². The maximum atomic E-state index is 12.1. The number of nitriles is 1. The maximum absolute atomic E-state index is 12.1. The Kier molecular flexibility index (Phi) is 3.78. The number of amides is 1. The molecule has 100 valence electrons. The van der Waals surface area contributed by atoms with E-state index in [0.717, 1.165) is 0 Å². The van der Waals surface area contributed by atoms with Crippen LogP contribution in [0, 0.1) is 11.3 Å². The van der Waals surface area contributed by atoms with Crippen LogP contribution in [0.3, 0.4) is 0 Å². The first-order valence-electron chi connectivity index (χ1n) is 5.66. The molecule has 0 saturated heterocycles. The van der Waals surface area contributed by atoms with Gasteiger partial charge < -0.3 is 16.8 Å². The quantitative estimate of drug-likeness (QED) is 0.738. The molecule has 20 heavy (non-hydrogen) atoms. The molecule has 0 aromatic heterocycles. The van der Waals surface area contributed by atoms with Crippen molar-refractivity contribution in [1.82, 2.24) is 0 Å². The number of nitrogens with zero attached hydrogens (tertiary/aromatic N) is 1. The zero-order chi connectivity index (χ0) is 14.7. The molecule has 2 aromatic carbocycles. The summed E-state index contributed by atoms with van der Waals surface area (Å²) in [6, 6.07) is 11.2. The first-order chi connectivity index (χ1) is 9.49. The number of carbonyl (C=O) groups is 1. The van der Waals surface area contributed by atoms with Crippen molar-refractivity contribution in [2.75, 3.05) is 16.8 Å². The average Bonchev–Trinajstić information content (AvgIpc) is 2.37. The number of anilines is 3. The minimum absolute atomic E-state index is 0.311. The van der Waals surface area contributed by atoms with E-state index in [9.17, 15) is 4.79 Å². The van der Waals surface area contributed by atoms with Crippen molar-refractivity contribution in [2.45, 2.75) is 0 Å². The van der Waals surface area contributed by atoms with Crippen LogP contribution >= 0.6 is 11.6 Å². The lowest BCUT2D eigenvalue weighted by molar-refractivity contribution is 0.102. The summed E-state index contributed by atoms with van der Waals surface area (Å²) >= 11 is 5.85. The molecule has 0 aliphatic rings. The molecule has 0 aliphatic carbocycles. The van der Waals surface area contributed by atoms with Gasteiger partial charge in [0.2, 0.25) is 0 Å². The molecule has 0 atom stereocenters. The molecule has 5 nitrogen and oxygen atoms in total. The van der Waals surface area contributed by atoms with E-state index in [1.807, 2.05) is 6.07 Å². The van der Waals surface area contributed by atoms with E-state index in [2.05, 4.69) is 5.32 Å². The van der Waals surface area contributed by atoms with Gasteiger partial charge in [-0.2, -0.15) is 5.26 Å². The molecule has 0 spiro atoms. The summed E-state index contributed by atoms with van der Waals surface area (Å²) in [5, 5.41) is 12.0. The Morgan fingerprint density at radius 1 is 1.15 bits per heavy atom. The van der Waals surface area contributed by atoms with Crippen LogP contribution in [0.1, 0.15) is 15.9 Å². The summed E-state index contributed by atoms with van der Waals surface area (Å²) in [6.07, 6.45) is 0. The van der Waals surface area contributed by atoms with Crippen molar-refractivity contribution in [1.29, 1.82) is 5.26 Å². The molecule has 0 fully saturated rings. The van der Waals surface area contributed by atoms with Gasteiger partial charge in [0.05, 0.1) is 11.3 Å². The van der Waals surface area contributed by atoms with Crippen LogP contribution in [0.5, 0.6) is 0 Å². The van der Waals surface area contributed by atoms with Crippen LogP contribution in [0.25, 0.3) is 0 Å². The van der Waals surface area contributed by atoms with Crippen LogP contribution < -0.4 is 16.8 Å². The highest BCUT2D eigenvalue weighted by atomic mass is 35.5. The lowest BCUT2D eigenvalue weighted by atomic mass is 10.1. The van der Waals surface area contributed by atoms with E-state index < -0.39 is 5.91 Å². The molecule has 1 amide bonds. The second-order valence-corrected chi connectivity index (χ2v) is 4.58. The largest absolute Gasteiger partial charge is 0.399 e. The highest BCUT2D eigenvalue weighted by Crippen LogP contribution is 2.22. The minimum Gasteiger partial charge on any atom is -0.399 e. The molecule has 0 saturated carbocycles. The minimum atomic E-state index is -0.414. The Morgan fingerprint density at radius 2 is 1.80 bits per heavy atom. The van der Waals surface area contributed by atoms with Gasteiger partial charge in [-0.25, -0.2) is 0 Å². The fourth-order valence-corrected chi connectivity index (χ4v) is 1.89. The SMILES string of the molecule is N#Cc1ccc(Cl)cc1NC(=O)c1cc(N)cc(N)c1. The number of halogens is 1. The predicted octanol–water partition coefficient (Wildman–Crippen LogP) is 2.63. The fourth-order valence-electron chi connectivity index (χ4n) is 1.72. The number of hydrogen-bond acceptors (Lipinski definition) is 4. The van der Waals surface area contributed by atoms with E-state index in [1.165, 1.54) is 24.3 Å². The first kappa shape index (κ1) is 13.7. The number of nitrogen functional groups attached to an aromatic ring is 2. The van der Waals surface area contributed by atoms with E-state index >= 15 is 0 Å². The van der Waals surface area contributed by atoms with Gasteiger partial charge in [-0.3, -0.25) is 4.79 Å². The Morgan fingerprint density at radius 3 is 2.40 bits per heavy atom. The smallest absolute Gasteiger partial charge is 0.255 e. The van der Waals surface area contributed by atoms with Crippen molar-refractivity contribution in [2.24, 2.45) is 0 Å². The van der Waals surface area contributed by atoms with Crippen molar-refractivity contribution in [3.63, 3.8) is 0 Å². The topological polar surface area (TPSA) is 105 Å². The molecule has 0 aliphatic heterocycles. The summed E-state index contributed by atoms with van der Waals surface area (Å²) in [4.78, 5) is 12.1. The Bertz CT molecular complexity index is 701. The van der Waals surface area contributed by atoms with Gasteiger partial charge in [0.1, 0.15) is 6.07 Å². The van der Waals surface area contributed by atoms with E-state index in [1.54, 1.807) is 12.1 Å². The van der Waals surface area contributed by atoms with Crippen molar-refractivity contribution in [3.05, 3.63) is 52.5 Å². The molecule has 6 heteroatoms. The van der Waals surface area contributed by atoms with Crippen molar-refractivity contribution < 1.29 is 4.79 Å². The van der Waals surface area contributed by atoms with Gasteiger partial charge >= 0.3 is 0 Å². The average molecular weight is 287 g/mol. The number of benzene rings is 2. The van der Waals surface area contributed by atoms with E-state index in [0.29, 0.717) is 33.2 Å². The molecule has 0 heterocycles. The summed E-state index contributed by atoms with van der Waals surface area (Å²) in [7, 11) is 0. The molecule has 0 bridgehead atoms. The molecular formula is C14H11ClN4O. The third-order valence-corrected chi connectivity index (χ3v) is 2.83. The summed E-state index contributed by atoms with van der Waals surface area (Å²) in [5.41, 5.74) is 13.0. The van der Waals surface area contributed by atoms with Crippen LogP contribution in [-0.2, 0) is 0 Å². The predicted molar refractivity (Wildman–Crippen MR) is 79.4 cm³/mol. The molecule has 2 aromatic rings. The highest BCUT2D eigenvalue weighted by molar-refractivity contribution is 6.31. The molecule has 0 radical (unpaired) electrons. The maximum Gasteiger partial charge on any atom is 0.255 e. The zero-order valence-electron chi connectivity index (χ0n) is 10.4. The molecular weight excluding hydrogens is 276 g/mol. The lowest BCUT2D eigenvalue weighted by Gasteiger charge is -2.08. The summed E-state index contributed by atoms with van der Waals surface area (Å²) in [6.45, 7) is 0. The van der Waals surface area contributed by atoms with Crippen LogP contribution in [0.2, 0.25) is 5.02 Å². The summed E-state index contributed by atoms with van der Waals surface area (Å²) < 4.78 is 0. The Balaban J connectivity index is 2.32. The van der Waals surface area contributed by atoms with Gasteiger partial charge in [-0.15, -0.1) is 0 Å². The normalized spacial score (nSPS) is 9.80. The van der Waals surface area contributed by atoms with Crippen LogP contribution in [0.4, 0.5) is 17.1 Å². The van der Waals surface area contributed by atoms with Gasteiger partial charge in [0.25, 0.3) is 5.91 Å². The third-order valence-electron chi connectivity index (χ3n) is 2.59. The van der Waals surface area contributed by atoms with Crippen molar-refractivity contribution in [3.8, 4) is 6.07 Å². The van der Waals surface area contributed by atoms with E-state index in [-0.39, 0.29) is 0 Å². The number of nitrogens with one attached hydrogen (secondary N) is 1. The molecule has 0 unspecified atom stereocenters. The first-order valence-corrected chi connectivity index (χ1v) is 6.04. The van der Waals surface area contributed by atoms with Crippen molar-refractivity contribution >= 4 is 34.6 Å². The van der Waals surface area contributed by atoms with Crippen LogP contribution in [0.15, 0.2) is 36.4 Å². The summed E-state index contributed by atoms with van der Waals surface area (Å²) in [5.74, 6) is -0.414. The zero-order valence-corrected chi connectivity index (χ0v) is 11.1. The fraction of sp³-hybridized carbons (Fsp3) is 0. The second-order valence-electron chi connectivity index (χ2n) is 4.14. The molecule has 2 rings (SSSR count).